The van der Waals surface area contributed by atoms with Crippen molar-refractivity contribution >= 4 is 23.4 Å². The number of benzene rings is 1. The first-order valence-corrected chi connectivity index (χ1v) is 5.66. The molecule has 1 aromatic heterocycles. The van der Waals surface area contributed by atoms with Crippen LogP contribution in [0.15, 0.2) is 39.9 Å². The van der Waals surface area contributed by atoms with E-state index in [1.807, 2.05) is 36.6 Å². The van der Waals surface area contributed by atoms with Gasteiger partial charge in [-0.1, -0.05) is 40.7 Å². The van der Waals surface area contributed by atoms with Crippen LogP contribution in [-0.2, 0) is 0 Å². The van der Waals surface area contributed by atoms with E-state index in [4.69, 9.17) is 16.1 Å². The Hall–Kier alpha value is -0.930. The molecule has 2 aromatic rings. The fourth-order valence-corrected chi connectivity index (χ4v) is 1.58. The molecule has 2 rings (SSSR count). The number of thioether (sulfide) groups is 1. The Bertz CT molecular complexity index is 424. The zero-order valence-corrected chi connectivity index (χ0v) is 9.10. The van der Waals surface area contributed by atoms with E-state index in [-0.39, 0.29) is 0 Å². The molecule has 14 heavy (non-hydrogen) atoms. The molecule has 0 spiro atoms. The Balaban J connectivity index is 2.34. The molecule has 0 aliphatic rings. The first-order chi connectivity index (χ1) is 6.79. The monoisotopic (exact) mass is 225 g/mol. The molecule has 0 fully saturated rings. The van der Waals surface area contributed by atoms with E-state index >= 15 is 0 Å². The highest BCUT2D eigenvalue weighted by molar-refractivity contribution is 7.98. The average molecular weight is 226 g/mol. The van der Waals surface area contributed by atoms with Crippen LogP contribution < -0.4 is 0 Å². The summed E-state index contributed by atoms with van der Waals surface area (Å²) in [4.78, 5) is 0. The van der Waals surface area contributed by atoms with Gasteiger partial charge in [-0.05, 0) is 18.4 Å². The maximum Gasteiger partial charge on any atom is 0.193 e. The minimum absolute atomic E-state index is 0.724. The lowest BCUT2D eigenvalue weighted by atomic mass is 10.2. The molecule has 0 bridgehead atoms. The Morgan fingerprint density at radius 3 is 2.57 bits per heavy atom. The quantitative estimate of drug-likeness (QED) is 0.729. The molecule has 0 saturated carbocycles. The minimum Gasteiger partial charge on any atom is -0.349 e. The van der Waals surface area contributed by atoms with Crippen molar-refractivity contribution in [1.29, 1.82) is 0 Å². The third-order valence-electron chi connectivity index (χ3n) is 1.83. The molecule has 0 aliphatic heterocycles. The van der Waals surface area contributed by atoms with Gasteiger partial charge in [-0.25, -0.2) is 0 Å². The van der Waals surface area contributed by atoms with E-state index in [1.54, 1.807) is 0 Å². The van der Waals surface area contributed by atoms with Crippen LogP contribution >= 0.6 is 23.4 Å². The summed E-state index contributed by atoms with van der Waals surface area (Å²) in [6.07, 6.45) is 1.95. The maximum atomic E-state index is 5.78. The molecule has 0 unspecified atom stereocenters. The van der Waals surface area contributed by atoms with Gasteiger partial charge in [-0.3, -0.25) is 0 Å². The van der Waals surface area contributed by atoms with Crippen molar-refractivity contribution < 1.29 is 4.52 Å². The predicted molar refractivity (Wildman–Crippen MR) is 58.7 cm³/mol. The van der Waals surface area contributed by atoms with E-state index in [2.05, 4.69) is 5.16 Å². The van der Waals surface area contributed by atoms with E-state index < -0.39 is 0 Å². The highest BCUT2D eigenvalue weighted by Crippen LogP contribution is 2.24. The van der Waals surface area contributed by atoms with Crippen LogP contribution in [0.2, 0.25) is 5.02 Å². The molecule has 4 heteroatoms. The van der Waals surface area contributed by atoms with Crippen molar-refractivity contribution in [3.63, 3.8) is 0 Å². The second-order valence-corrected chi connectivity index (χ2v) is 3.99. The zero-order valence-electron chi connectivity index (χ0n) is 7.53. The van der Waals surface area contributed by atoms with Crippen molar-refractivity contribution in [1.82, 2.24) is 5.16 Å². The molecule has 0 saturated heterocycles. The van der Waals surface area contributed by atoms with Gasteiger partial charge in [-0.15, -0.1) is 0 Å². The third kappa shape index (κ3) is 1.94. The van der Waals surface area contributed by atoms with E-state index in [9.17, 15) is 0 Å². The summed E-state index contributed by atoms with van der Waals surface area (Å²) in [5.41, 5.74) is 1.85. The molecule has 0 radical (unpaired) electrons. The molecule has 2 nitrogen and oxygen atoms in total. The fourth-order valence-electron chi connectivity index (χ4n) is 1.11. The SMILES string of the molecule is CSc1cc(-c2ccc(Cl)cc2)no1. The first kappa shape index (κ1) is 9.62. The van der Waals surface area contributed by atoms with Crippen LogP contribution in [0.5, 0.6) is 0 Å². The Morgan fingerprint density at radius 1 is 1.29 bits per heavy atom. The molecule has 1 heterocycles. The largest absolute Gasteiger partial charge is 0.349 e. The zero-order chi connectivity index (χ0) is 9.97. The van der Waals surface area contributed by atoms with Crippen molar-refractivity contribution in [2.75, 3.05) is 6.26 Å². The fraction of sp³-hybridized carbons (Fsp3) is 0.100. The summed E-state index contributed by atoms with van der Waals surface area (Å²) in [7, 11) is 0. The Kier molecular flexibility index (Phi) is 2.79. The van der Waals surface area contributed by atoms with Crippen molar-refractivity contribution in [3.8, 4) is 11.3 Å². The highest BCUT2D eigenvalue weighted by Gasteiger charge is 2.04. The lowest BCUT2D eigenvalue weighted by Crippen LogP contribution is -1.74. The summed E-state index contributed by atoms with van der Waals surface area (Å²) in [5, 5.41) is 5.49. The van der Waals surface area contributed by atoms with Crippen molar-refractivity contribution in [2.45, 2.75) is 5.09 Å². The van der Waals surface area contributed by atoms with Gasteiger partial charge in [0, 0.05) is 16.7 Å². The molecule has 0 atom stereocenters. The summed E-state index contributed by atoms with van der Waals surface area (Å²) in [6.45, 7) is 0. The topological polar surface area (TPSA) is 26.0 Å². The maximum absolute atomic E-state index is 5.78. The summed E-state index contributed by atoms with van der Waals surface area (Å²) < 4.78 is 5.08. The number of nitrogens with zero attached hydrogens (tertiary/aromatic N) is 1. The van der Waals surface area contributed by atoms with Gasteiger partial charge in [-0.2, -0.15) is 0 Å². The summed E-state index contributed by atoms with van der Waals surface area (Å²) >= 11 is 7.32. The Morgan fingerprint density at radius 2 is 2.00 bits per heavy atom. The van der Waals surface area contributed by atoms with Crippen LogP contribution in [-0.4, -0.2) is 11.4 Å². The number of hydrogen-bond acceptors (Lipinski definition) is 3. The third-order valence-corrected chi connectivity index (χ3v) is 2.68. The molecular weight excluding hydrogens is 218 g/mol. The Labute approximate surface area is 91.2 Å². The van der Waals surface area contributed by atoms with Crippen LogP contribution in [0.25, 0.3) is 11.3 Å². The lowest BCUT2D eigenvalue weighted by molar-refractivity contribution is 0.352. The molecule has 1 aromatic carbocycles. The van der Waals surface area contributed by atoms with Gasteiger partial charge in [0.05, 0.1) is 0 Å². The number of rotatable bonds is 2. The van der Waals surface area contributed by atoms with Crippen LogP contribution in [0.4, 0.5) is 0 Å². The predicted octanol–water partition coefficient (Wildman–Crippen LogP) is 3.72. The second-order valence-electron chi connectivity index (χ2n) is 2.74. The van der Waals surface area contributed by atoms with Gasteiger partial charge in [0.2, 0.25) is 0 Å². The van der Waals surface area contributed by atoms with E-state index in [0.717, 1.165) is 21.4 Å². The van der Waals surface area contributed by atoms with Crippen LogP contribution in [0.3, 0.4) is 0 Å². The average Bonchev–Trinajstić information content (AvgIpc) is 2.67. The molecular formula is C10H8ClNOS. The highest BCUT2D eigenvalue weighted by atomic mass is 35.5. The molecule has 0 N–H and O–H groups in total. The van der Waals surface area contributed by atoms with Crippen LogP contribution in [0.1, 0.15) is 0 Å². The van der Waals surface area contributed by atoms with Gasteiger partial charge < -0.3 is 4.52 Å². The van der Waals surface area contributed by atoms with Gasteiger partial charge in [0.15, 0.2) is 5.09 Å². The van der Waals surface area contributed by atoms with Crippen LogP contribution in [0, 0.1) is 0 Å². The van der Waals surface area contributed by atoms with Crippen molar-refractivity contribution in [3.05, 3.63) is 35.4 Å². The minimum atomic E-state index is 0.724. The smallest absolute Gasteiger partial charge is 0.193 e. The van der Waals surface area contributed by atoms with Gasteiger partial charge >= 0.3 is 0 Å². The van der Waals surface area contributed by atoms with E-state index in [0.29, 0.717) is 0 Å². The number of halogens is 1. The standard InChI is InChI=1S/C10H8ClNOS/c1-14-10-6-9(12-13-10)7-2-4-8(11)5-3-7/h2-6H,1H3. The molecule has 0 aliphatic carbocycles. The number of aromatic nitrogens is 1. The van der Waals surface area contributed by atoms with Crippen molar-refractivity contribution in [2.24, 2.45) is 0 Å². The summed E-state index contributed by atoms with van der Waals surface area (Å²) in [6, 6.07) is 9.43. The summed E-state index contributed by atoms with van der Waals surface area (Å²) in [5.74, 6) is 0. The lowest BCUT2D eigenvalue weighted by Gasteiger charge is -1.93. The normalized spacial score (nSPS) is 10.4. The second kappa shape index (κ2) is 4.07. The van der Waals surface area contributed by atoms with Gasteiger partial charge in [0.25, 0.3) is 0 Å². The molecule has 72 valence electrons. The first-order valence-electron chi connectivity index (χ1n) is 4.06. The number of hydrogen-bond donors (Lipinski definition) is 0. The van der Waals surface area contributed by atoms with Gasteiger partial charge in [0.1, 0.15) is 5.69 Å². The van der Waals surface area contributed by atoms with E-state index in [1.165, 1.54) is 11.8 Å². The molecule has 0 amide bonds.